The molecular weight excluding hydrogens is 326 g/mol. The van der Waals surface area contributed by atoms with Crippen LogP contribution in [0.25, 0.3) is 0 Å². The van der Waals surface area contributed by atoms with E-state index in [-0.39, 0.29) is 11.8 Å². The molecule has 126 valence electrons. The molecule has 0 unspecified atom stereocenters. The predicted molar refractivity (Wildman–Crippen MR) is 93.1 cm³/mol. The first-order valence-electron chi connectivity index (χ1n) is 8.26. The van der Waals surface area contributed by atoms with Gasteiger partial charge in [-0.15, -0.1) is 0 Å². The Hall–Kier alpha value is -2.01. The molecule has 2 aromatic rings. The van der Waals surface area contributed by atoms with Crippen LogP contribution >= 0.6 is 11.6 Å². The second kappa shape index (κ2) is 5.81. The van der Waals surface area contributed by atoms with Crippen molar-refractivity contribution in [3.63, 3.8) is 0 Å². The summed E-state index contributed by atoms with van der Waals surface area (Å²) in [6, 6.07) is 7.93. The van der Waals surface area contributed by atoms with Crippen molar-refractivity contribution in [1.82, 2.24) is 4.98 Å². The summed E-state index contributed by atoms with van der Waals surface area (Å²) in [6.07, 6.45) is 5.47. The molecule has 1 aliphatic carbocycles. The fourth-order valence-electron chi connectivity index (χ4n) is 3.94. The summed E-state index contributed by atoms with van der Waals surface area (Å²) in [7, 11) is 0. The highest BCUT2D eigenvalue weighted by molar-refractivity contribution is 6.30. The summed E-state index contributed by atoms with van der Waals surface area (Å²) in [5, 5.41) is 3.65. The second-order valence-electron chi connectivity index (χ2n) is 7.12. The highest BCUT2D eigenvalue weighted by Gasteiger charge is 2.55. The fourth-order valence-corrected chi connectivity index (χ4v) is 4.06. The van der Waals surface area contributed by atoms with Crippen LogP contribution in [-0.4, -0.2) is 24.0 Å². The largest absolute Gasteiger partial charge is 0.432 e. The molecule has 24 heavy (non-hydrogen) atoms. The summed E-state index contributed by atoms with van der Waals surface area (Å²) < 4.78 is 5.33. The number of oxazole rings is 1. The summed E-state index contributed by atoms with van der Waals surface area (Å²) in [5.41, 5.74) is 1.15. The molecule has 1 N–H and O–H groups in total. The van der Waals surface area contributed by atoms with Gasteiger partial charge < -0.3 is 14.6 Å². The summed E-state index contributed by atoms with van der Waals surface area (Å²) in [4.78, 5) is 18.8. The van der Waals surface area contributed by atoms with Crippen LogP contribution in [0.1, 0.15) is 19.8 Å². The average molecular weight is 346 g/mol. The number of hydrogen-bond donors (Lipinski definition) is 1. The van der Waals surface area contributed by atoms with Gasteiger partial charge in [0.2, 0.25) is 5.91 Å². The third-order valence-corrected chi connectivity index (χ3v) is 5.62. The van der Waals surface area contributed by atoms with Crippen LogP contribution in [0.4, 0.5) is 11.7 Å². The number of amides is 1. The van der Waals surface area contributed by atoms with Gasteiger partial charge in [-0.05, 0) is 43.0 Å². The number of carbonyl (C=O) groups is 1. The first kappa shape index (κ1) is 15.5. The van der Waals surface area contributed by atoms with Gasteiger partial charge in [-0.1, -0.05) is 18.5 Å². The highest BCUT2D eigenvalue weighted by Crippen LogP contribution is 2.55. The maximum atomic E-state index is 12.4. The lowest BCUT2D eigenvalue weighted by Crippen LogP contribution is -2.63. The third kappa shape index (κ3) is 2.77. The zero-order chi connectivity index (χ0) is 16.7. The van der Waals surface area contributed by atoms with Crippen LogP contribution < -0.4 is 10.2 Å². The van der Waals surface area contributed by atoms with Gasteiger partial charge in [-0.2, -0.15) is 0 Å². The van der Waals surface area contributed by atoms with Gasteiger partial charge in [0.05, 0.1) is 6.20 Å². The van der Waals surface area contributed by atoms with E-state index in [0.29, 0.717) is 22.4 Å². The van der Waals surface area contributed by atoms with E-state index >= 15 is 0 Å². The van der Waals surface area contributed by atoms with E-state index < -0.39 is 0 Å². The maximum absolute atomic E-state index is 12.4. The Balaban J connectivity index is 1.27. The number of aromatic nitrogens is 1. The summed E-state index contributed by atoms with van der Waals surface area (Å²) >= 11 is 5.87. The summed E-state index contributed by atoms with van der Waals surface area (Å²) in [6.45, 7) is 3.98. The van der Waals surface area contributed by atoms with Crippen molar-refractivity contribution in [2.24, 2.45) is 17.3 Å². The molecule has 1 saturated heterocycles. The van der Waals surface area contributed by atoms with Crippen molar-refractivity contribution in [3.05, 3.63) is 41.7 Å². The van der Waals surface area contributed by atoms with Gasteiger partial charge >= 0.3 is 0 Å². The van der Waals surface area contributed by atoms with E-state index in [4.69, 9.17) is 16.0 Å². The van der Waals surface area contributed by atoms with Crippen molar-refractivity contribution in [3.8, 4) is 0 Å². The molecule has 2 heterocycles. The lowest BCUT2D eigenvalue weighted by Gasteiger charge is -2.59. The van der Waals surface area contributed by atoms with Crippen molar-refractivity contribution in [1.29, 1.82) is 0 Å². The SMILES string of the molecule is C[C@@H](C(=O)Nc1ccc(Cl)cc1)C1CC2(C1)CN(c1ncco1)C2. The average Bonchev–Trinajstić information content (AvgIpc) is 3.00. The topological polar surface area (TPSA) is 58.4 Å². The van der Waals surface area contributed by atoms with Crippen molar-refractivity contribution < 1.29 is 9.21 Å². The summed E-state index contributed by atoms with van der Waals surface area (Å²) in [5.74, 6) is 0.548. The third-order valence-electron chi connectivity index (χ3n) is 5.37. The molecule has 1 aromatic heterocycles. The van der Waals surface area contributed by atoms with Gasteiger partial charge in [-0.25, -0.2) is 4.98 Å². The minimum atomic E-state index is 0.0158. The molecule has 1 aromatic carbocycles. The highest BCUT2D eigenvalue weighted by atomic mass is 35.5. The molecule has 0 radical (unpaired) electrons. The minimum absolute atomic E-state index is 0.0158. The van der Waals surface area contributed by atoms with Crippen LogP contribution in [0.5, 0.6) is 0 Å². The number of rotatable bonds is 4. The fraction of sp³-hybridized carbons (Fsp3) is 0.444. The van der Waals surface area contributed by atoms with Gasteiger partial charge in [0.25, 0.3) is 6.01 Å². The molecule has 2 fully saturated rings. The normalized spacial score (nSPS) is 20.3. The van der Waals surface area contributed by atoms with E-state index in [1.54, 1.807) is 24.6 Å². The van der Waals surface area contributed by atoms with Crippen molar-refractivity contribution in [2.75, 3.05) is 23.3 Å². The molecule has 1 aliphatic heterocycles. The van der Waals surface area contributed by atoms with Crippen molar-refractivity contribution >= 4 is 29.2 Å². The Morgan fingerprint density at radius 3 is 2.71 bits per heavy atom. The quantitative estimate of drug-likeness (QED) is 0.915. The molecular formula is C18H20ClN3O2. The van der Waals surface area contributed by atoms with E-state index in [9.17, 15) is 4.79 Å². The molecule has 0 bridgehead atoms. The van der Waals surface area contributed by atoms with Crippen molar-refractivity contribution in [2.45, 2.75) is 19.8 Å². The Kier molecular flexibility index (Phi) is 3.76. The number of benzene rings is 1. The Bertz CT molecular complexity index is 715. The van der Waals surface area contributed by atoms with E-state index in [1.807, 2.05) is 19.1 Å². The Morgan fingerprint density at radius 2 is 2.08 bits per heavy atom. The second-order valence-corrected chi connectivity index (χ2v) is 7.56. The molecule has 2 aliphatic rings. The predicted octanol–water partition coefficient (Wildman–Crippen LogP) is 3.82. The van der Waals surface area contributed by atoms with Crippen LogP contribution in [-0.2, 0) is 4.79 Å². The van der Waals surface area contributed by atoms with Gasteiger partial charge in [0.1, 0.15) is 6.26 Å². The van der Waals surface area contributed by atoms with E-state index in [2.05, 4.69) is 15.2 Å². The number of nitrogens with zero attached hydrogens (tertiary/aromatic N) is 2. The first-order chi connectivity index (χ1) is 11.5. The lowest BCUT2D eigenvalue weighted by atomic mass is 9.55. The molecule has 1 amide bonds. The van der Waals surface area contributed by atoms with Crippen LogP contribution in [0.3, 0.4) is 0 Å². The molecule has 6 heteroatoms. The molecule has 5 nitrogen and oxygen atoms in total. The molecule has 1 saturated carbocycles. The van der Waals surface area contributed by atoms with Crippen LogP contribution in [0.2, 0.25) is 5.02 Å². The molecule has 4 rings (SSSR count). The Labute approximate surface area is 146 Å². The van der Waals surface area contributed by atoms with E-state index in [0.717, 1.165) is 31.6 Å². The lowest BCUT2D eigenvalue weighted by molar-refractivity contribution is -0.125. The smallest absolute Gasteiger partial charge is 0.297 e. The Morgan fingerprint density at radius 1 is 1.38 bits per heavy atom. The van der Waals surface area contributed by atoms with Crippen LogP contribution in [0, 0.1) is 17.3 Å². The number of anilines is 2. The number of nitrogens with one attached hydrogen (secondary N) is 1. The maximum Gasteiger partial charge on any atom is 0.297 e. The first-order valence-corrected chi connectivity index (χ1v) is 8.63. The minimum Gasteiger partial charge on any atom is -0.432 e. The zero-order valence-electron chi connectivity index (χ0n) is 13.5. The zero-order valence-corrected chi connectivity index (χ0v) is 14.3. The standard InChI is InChI=1S/C18H20ClN3O2/c1-12(16(23)21-15-4-2-14(19)3-5-15)13-8-18(9-13)10-22(11-18)17-20-6-7-24-17/h2-7,12-13H,8-11H2,1H3,(H,21,23)/t12-/m1/s1. The van der Waals surface area contributed by atoms with Gasteiger partial charge in [-0.3, -0.25) is 4.79 Å². The number of halogens is 1. The number of hydrogen-bond acceptors (Lipinski definition) is 4. The monoisotopic (exact) mass is 345 g/mol. The van der Waals surface area contributed by atoms with Gasteiger partial charge in [0, 0.05) is 35.1 Å². The van der Waals surface area contributed by atoms with E-state index in [1.165, 1.54) is 0 Å². The number of carbonyl (C=O) groups excluding carboxylic acids is 1. The van der Waals surface area contributed by atoms with Gasteiger partial charge in [0.15, 0.2) is 0 Å². The molecule has 1 atom stereocenters. The van der Waals surface area contributed by atoms with Crippen LogP contribution in [0.15, 0.2) is 41.1 Å². The molecule has 1 spiro atoms.